The smallest absolute Gasteiger partial charge is 0.278 e. The summed E-state index contributed by atoms with van der Waals surface area (Å²) in [5, 5.41) is 23.4. The second kappa shape index (κ2) is 8.50. The molecule has 0 bridgehead atoms. The van der Waals surface area contributed by atoms with Crippen LogP contribution in [-0.4, -0.2) is 10.8 Å². The molecule has 3 rings (SSSR count). The predicted octanol–water partition coefficient (Wildman–Crippen LogP) is 5.49. The van der Waals surface area contributed by atoms with Crippen molar-refractivity contribution in [3.05, 3.63) is 86.3 Å². The third-order valence-electron chi connectivity index (χ3n) is 4.27. The number of amides is 1. The number of carbonyl (C=O) groups excluding carboxylic acids is 1. The van der Waals surface area contributed by atoms with Crippen LogP contribution in [-0.2, 0) is 4.79 Å². The van der Waals surface area contributed by atoms with Crippen LogP contribution in [0.5, 0.6) is 0 Å². The summed E-state index contributed by atoms with van der Waals surface area (Å²) in [5.41, 5.74) is 3.11. The Kier molecular flexibility index (Phi) is 5.86. The summed E-state index contributed by atoms with van der Waals surface area (Å²) >= 11 is 1.28. The van der Waals surface area contributed by atoms with Gasteiger partial charge in [-0.3, -0.25) is 14.9 Å². The van der Waals surface area contributed by atoms with Crippen LogP contribution in [0.15, 0.2) is 60.2 Å². The van der Waals surface area contributed by atoms with Gasteiger partial charge >= 0.3 is 0 Å². The van der Waals surface area contributed by atoms with E-state index in [-0.39, 0.29) is 11.3 Å². The maximum absolute atomic E-state index is 12.5. The van der Waals surface area contributed by atoms with Gasteiger partial charge in [0, 0.05) is 21.5 Å². The molecule has 0 spiro atoms. The van der Waals surface area contributed by atoms with Crippen LogP contribution in [0.3, 0.4) is 0 Å². The van der Waals surface area contributed by atoms with Gasteiger partial charge in [0.15, 0.2) is 0 Å². The molecule has 0 aliphatic heterocycles. The zero-order valence-corrected chi connectivity index (χ0v) is 16.6. The number of nitriles is 1. The summed E-state index contributed by atoms with van der Waals surface area (Å²) in [6, 6.07) is 17.5. The number of thiophene rings is 1. The fourth-order valence-electron chi connectivity index (χ4n) is 2.85. The van der Waals surface area contributed by atoms with Crippen LogP contribution in [0.2, 0.25) is 0 Å². The Morgan fingerprint density at radius 2 is 1.93 bits per heavy atom. The van der Waals surface area contributed by atoms with Crippen LogP contribution >= 0.6 is 11.3 Å². The van der Waals surface area contributed by atoms with E-state index in [1.165, 1.54) is 23.5 Å². The molecule has 7 heteroatoms. The van der Waals surface area contributed by atoms with Gasteiger partial charge in [-0.1, -0.05) is 29.8 Å². The largest absolute Gasteiger partial charge is 0.321 e. The van der Waals surface area contributed by atoms with Crippen LogP contribution < -0.4 is 5.32 Å². The fourth-order valence-corrected chi connectivity index (χ4v) is 3.84. The van der Waals surface area contributed by atoms with Gasteiger partial charge in [-0.15, -0.1) is 11.3 Å². The minimum Gasteiger partial charge on any atom is -0.321 e. The van der Waals surface area contributed by atoms with Crippen LogP contribution in [0, 0.1) is 35.3 Å². The van der Waals surface area contributed by atoms with Gasteiger partial charge in [0.2, 0.25) is 0 Å². The van der Waals surface area contributed by atoms with E-state index in [1.807, 2.05) is 32.0 Å². The fraction of sp³-hybridized carbons (Fsp3) is 0.0909. The number of nitrogens with zero attached hydrogens (tertiary/aromatic N) is 2. The Morgan fingerprint density at radius 1 is 1.17 bits per heavy atom. The number of aryl methyl sites for hydroxylation is 2. The molecule has 0 atom stereocenters. The molecule has 3 aromatic rings. The molecular weight excluding hydrogens is 386 g/mol. The average molecular weight is 403 g/mol. The minimum atomic E-state index is -0.500. The molecule has 29 heavy (non-hydrogen) atoms. The van der Waals surface area contributed by atoms with Crippen LogP contribution in [0.25, 0.3) is 16.5 Å². The second-order valence-corrected chi connectivity index (χ2v) is 7.53. The first-order chi connectivity index (χ1) is 13.9. The minimum absolute atomic E-state index is 0.0120. The molecule has 0 radical (unpaired) electrons. The lowest BCUT2D eigenvalue weighted by molar-refractivity contribution is -0.384. The third-order valence-corrected chi connectivity index (χ3v) is 5.34. The summed E-state index contributed by atoms with van der Waals surface area (Å²) in [5.74, 6) is -0.500. The van der Waals surface area contributed by atoms with Crippen molar-refractivity contribution in [3.8, 4) is 16.5 Å². The first kappa shape index (κ1) is 20.0. The molecule has 0 aliphatic carbocycles. The first-order valence-electron chi connectivity index (χ1n) is 8.73. The zero-order valence-electron chi connectivity index (χ0n) is 15.8. The van der Waals surface area contributed by atoms with Crippen molar-refractivity contribution in [1.29, 1.82) is 5.26 Å². The van der Waals surface area contributed by atoms with Gasteiger partial charge in [-0.05, 0) is 49.8 Å². The molecule has 1 N–H and O–H groups in total. The second-order valence-electron chi connectivity index (χ2n) is 6.42. The average Bonchev–Trinajstić information content (AvgIpc) is 3.16. The third kappa shape index (κ3) is 4.57. The monoisotopic (exact) mass is 403 g/mol. The maximum Gasteiger partial charge on any atom is 0.278 e. The van der Waals surface area contributed by atoms with Gasteiger partial charge in [0.1, 0.15) is 11.6 Å². The van der Waals surface area contributed by atoms with Crippen molar-refractivity contribution < 1.29 is 9.72 Å². The molecule has 0 unspecified atom stereocenters. The van der Waals surface area contributed by atoms with Gasteiger partial charge in [-0.2, -0.15) is 5.26 Å². The van der Waals surface area contributed by atoms with Crippen molar-refractivity contribution >= 4 is 34.7 Å². The highest BCUT2D eigenvalue weighted by Gasteiger charge is 2.16. The summed E-state index contributed by atoms with van der Waals surface area (Å²) in [6.07, 6.45) is 1.49. The van der Waals surface area contributed by atoms with Crippen molar-refractivity contribution in [2.24, 2.45) is 0 Å². The lowest BCUT2D eigenvalue weighted by Crippen LogP contribution is -2.14. The Morgan fingerprint density at radius 3 is 2.62 bits per heavy atom. The number of hydrogen-bond donors (Lipinski definition) is 1. The molecule has 6 nitrogen and oxygen atoms in total. The van der Waals surface area contributed by atoms with Crippen molar-refractivity contribution in [2.75, 3.05) is 5.32 Å². The zero-order chi connectivity index (χ0) is 21.0. The number of para-hydroxylation sites is 1. The van der Waals surface area contributed by atoms with E-state index in [1.54, 1.807) is 36.4 Å². The van der Waals surface area contributed by atoms with E-state index in [0.29, 0.717) is 21.0 Å². The molecule has 144 valence electrons. The lowest BCUT2D eigenvalue weighted by Gasteiger charge is -2.08. The molecule has 0 aliphatic rings. The van der Waals surface area contributed by atoms with Gasteiger partial charge < -0.3 is 5.32 Å². The molecule has 2 aromatic carbocycles. The molecule has 1 amide bonds. The molecule has 0 saturated heterocycles. The lowest BCUT2D eigenvalue weighted by atomic mass is 10.1. The van der Waals surface area contributed by atoms with Gasteiger partial charge in [0.05, 0.1) is 10.5 Å². The first-order valence-corrected chi connectivity index (χ1v) is 9.54. The van der Waals surface area contributed by atoms with Crippen molar-refractivity contribution in [2.45, 2.75) is 13.8 Å². The quantitative estimate of drug-likeness (QED) is 0.264. The van der Waals surface area contributed by atoms with E-state index < -0.39 is 10.8 Å². The van der Waals surface area contributed by atoms with Crippen LogP contribution in [0.4, 0.5) is 11.4 Å². The summed E-state index contributed by atoms with van der Waals surface area (Å²) < 4.78 is 0. The highest BCUT2D eigenvalue weighted by Crippen LogP contribution is 2.35. The number of anilines is 1. The Labute approximate surface area is 171 Å². The predicted molar refractivity (Wildman–Crippen MR) is 115 cm³/mol. The standard InChI is InChI=1S/C22H17N3O3S/c1-14-7-9-19(15(2)11-14)24-22(26)16(13-23)12-17-8-10-21(29-17)18-5-3-4-6-20(18)25(27)28/h3-12H,1-2H3,(H,24,26)/b16-12+. The highest BCUT2D eigenvalue weighted by atomic mass is 32.1. The Balaban J connectivity index is 1.86. The number of rotatable bonds is 5. The number of nitro groups is 1. The summed E-state index contributed by atoms with van der Waals surface area (Å²) in [7, 11) is 0. The molecular formula is C22H17N3O3S. The summed E-state index contributed by atoms with van der Waals surface area (Å²) in [4.78, 5) is 24.7. The van der Waals surface area contributed by atoms with E-state index >= 15 is 0 Å². The number of hydrogen-bond acceptors (Lipinski definition) is 5. The van der Waals surface area contributed by atoms with Crippen molar-refractivity contribution in [1.82, 2.24) is 0 Å². The van der Waals surface area contributed by atoms with Gasteiger partial charge in [0.25, 0.3) is 11.6 Å². The molecule has 0 saturated carbocycles. The molecule has 1 aromatic heterocycles. The normalized spacial score (nSPS) is 11.0. The van der Waals surface area contributed by atoms with Crippen molar-refractivity contribution in [3.63, 3.8) is 0 Å². The maximum atomic E-state index is 12.5. The van der Waals surface area contributed by atoms with E-state index in [2.05, 4.69) is 5.32 Å². The number of benzene rings is 2. The molecule has 0 fully saturated rings. The van der Waals surface area contributed by atoms with E-state index in [4.69, 9.17) is 0 Å². The summed E-state index contributed by atoms with van der Waals surface area (Å²) in [6.45, 7) is 3.85. The highest BCUT2D eigenvalue weighted by molar-refractivity contribution is 7.16. The number of carbonyl (C=O) groups is 1. The molecule has 1 heterocycles. The van der Waals surface area contributed by atoms with Gasteiger partial charge in [-0.25, -0.2) is 0 Å². The van der Waals surface area contributed by atoms with Crippen LogP contribution in [0.1, 0.15) is 16.0 Å². The van der Waals surface area contributed by atoms with E-state index in [9.17, 15) is 20.2 Å². The topological polar surface area (TPSA) is 96.0 Å². The Hall–Kier alpha value is -3.76. The number of nitrogens with one attached hydrogen (secondary N) is 1. The van der Waals surface area contributed by atoms with E-state index in [0.717, 1.165) is 11.1 Å². The number of nitro benzene ring substituents is 1. The Bertz CT molecular complexity index is 1170. The SMILES string of the molecule is Cc1ccc(NC(=O)/C(C#N)=C/c2ccc(-c3ccccc3[N+](=O)[O-])s2)c(C)c1.